The minimum atomic E-state index is -0.544. The lowest BCUT2D eigenvalue weighted by Crippen LogP contribution is -2.18. The molecule has 0 atom stereocenters. The number of aromatic nitrogens is 2. The third-order valence-corrected chi connectivity index (χ3v) is 4.28. The highest BCUT2D eigenvalue weighted by Gasteiger charge is 2.10. The zero-order chi connectivity index (χ0) is 16.9. The van der Waals surface area contributed by atoms with Crippen LogP contribution in [-0.4, -0.2) is 21.3 Å². The minimum Gasteiger partial charge on any atom is -0.411 e. The summed E-state index contributed by atoms with van der Waals surface area (Å²) in [7, 11) is 0. The van der Waals surface area contributed by atoms with Crippen molar-refractivity contribution in [1.82, 2.24) is 15.7 Å². The molecule has 0 fully saturated rings. The first kappa shape index (κ1) is 16.5. The van der Waals surface area contributed by atoms with Crippen LogP contribution in [0.1, 0.15) is 15.9 Å². The maximum absolute atomic E-state index is 11.3. The van der Waals surface area contributed by atoms with E-state index in [1.165, 1.54) is 11.8 Å². The van der Waals surface area contributed by atoms with Gasteiger partial charge in [0, 0.05) is 21.9 Å². The van der Waals surface area contributed by atoms with Gasteiger partial charge in [-0.2, -0.15) is 0 Å². The van der Waals surface area contributed by atoms with Gasteiger partial charge >= 0.3 is 0 Å². The average Bonchev–Trinajstić information content (AvgIpc) is 3.09. The van der Waals surface area contributed by atoms with Crippen molar-refractivity contribution in [2.24, 2.45) is 0 Å². The summed E-state index contributed by atoms with van der Waals surface area (Å²) in [5.74, 6) is 0.477. The number of hydrogen-bond acceptors (Lipinski definition) is 6. The summed E-state index contributed by atoms with van der Waals surface area (Å²) < 4.78 is 5.61. The number of halogens is 1. The van der Waals surface area contributed by atoms with Crippen molar-refractivity contribution in [2.45, 2.75) is 11.0 Å². The molecule has 24 heavy (non-hydrogen) atoms. The molecular formula is C16H12ClN3O3S. The van der Waals surface area contributed by atoms with Gasteiger partial charge in [-0.1, -0.05) is 41.6 Å². The predicted molar refractivity (Wildman–Crippen MR) is 90.0 cm³/mol. The molecule has 3 rings (SSSR count). The highest BCUT2D eigenvalue weighted by atomic mass is 35.5. The first-order valence-corrected chi connectivity index (χ1v) is 8.27. The molecule has 0 saturated heterocycles. The summed E-state index contributed by atoms with van der Waals surface area (Å²) in [6, 6.07) is 14.1. The fraction of sp³-hybridized carbons (Fsp3) is 0.0625. The molecule has 8 heteroatoms. The Hall–Kier alpha value is -2.35. The Balaban J connectivity index is 1.64. The van der Waals surface area contributed by atoms with Crippen molar-refractivity contribution >= 4 is 29.3 Å². The maximum atomic E-state index is 11.3. The van der Waals surface area contributed by atoms with E-state index in [2.05, 4.69) is 10.2 Å². The van der Waals surface area contributed by atoms with E-state index in [1.54, 1.807) is 41.9 Å². The highest BCUT2D eigenvalue weighted by molar-refractivity contribution is 7.98. The van der Waals surface area contributed by atoms with Crippen molar-refractivity contribution in [3.8, 4) is 11.5 Å². The summed E-state index contributed by atoms with van der Waals surface area (Å²) in [6.07, 6.45) is 0. The van der Waals surface area contributed by atoms with Crippen LogP contribution >= 0.6 is 23.4 Å². The molecule has 0 saturated carbocycles. The predicted octanol–water partition coefficient (Wildman–Crippen LogP) is 3.80. The van der Waals surface area contributed by atoms with Crippen LogP contribution in [0.4, 0.5) is 0 Å². The van der Waals surface area contributed by atoms with E-state index in [1.807, 2.05) is 12.1 Å². The second-order valence-corrected chi connectivity index (χ2v) is 6.17. The smallest absolute Gasteiger partial charge is 0.277 e. The van der Waals surface area contributed by atoms with Crippen LogP contribution < -0.4 is 5.48 Å². The number of nitrogens with one attached hydrogen (secondary N) is 1. The molecule has 0 bridgehead atoms. The molecule has 0 spiro atoms. The van der Waals surface area contributed by atoms with Gasteiger partial charge in [-0.3, -0.25) is 10.0 Å². The third kappa shape index (κ3) is 3.94. The van der Waals surface area contributed by atoms with Gasteiger partial charge in [-0.25, -0.2) is 5.48 Å². The Morgan fingerprint density at radius 1 is 1.21 bits per heavy atom. The third-order valence-electron chi connectivity index (χ3n) is 3.16. The molecular weight excluding hydrogens is 350 g/mol. The zero-order valence-electron chi connectivity index (χ0n) is 12.3. The summed E-state index contributed by atoms with van der Waals surface area (Å²) >= 11 is 7.34. The summed E-state index contributed by atoms with van der Waals surface area (Å²) in [4.78, 5) is 11.3. The number of hydroxylamine groups is 1. The van der Waals surface area contributed by atoms with Crippen LogP contribution in [0.15, 0.2) is 58.2 Å². The number of amides is 1. The molecule has 122 valence electrons. The molecule has 2 aromatic carbocycles. The first-order valence-electron chi connectivity index (χ1n) is 6.91. The molecule has 0 aliphatic rings. The van der Waals surface area contributed by atoms with Crippen molar-refractivity contribution in [1.29, 1.82) is 0 Å². The Labute approximate surface area is 146 Å². The molecule has 1 amide bonds. The van der Waals surface area contributed by atoms with Gasteiger partial charge in [0.15, 0.2) is 0 Å². The van der Waals surface area contributed by atoms with Crippen LogP contribution in [0.2, 0.25) is 5.02 Å². The normalized spacial score (nSPS) is 10.6. The van der Waals surface area contributed by atoms with E-state index in [-0.39, 0.29) is 0 Å². The molecule has 1 aromatic heterocycles. The lowest BCUT2D eigenvalue weighted by atomic mass is 10.1. The molecule has 0 aliphatic heterocycles. The van der Waals surface area contributed by atoms with Crippen LogP contribution in [0.25, 0.3) is 11.5 Å². The van der Waals surface area contributed by atoms with Gasteiger partial charge in [0.2, 0.25) is 5.89 Å². The van der Waals surface area contributed by atoms with Crippen LogP contribution in [0.5, 0.6) is 0 Å². The number of nitrogens with zero attached hydrogens (tertiary/aromatic N) is 2. The quantitative estimate of drug-likeness (QED) is 0.408. The SMILES string of the molecule is O=C(NO)c1ccc(CSc2nnc(-c3cccc(Cl)c3)o2)cc1. The number of carbonyl (C=O) groups is 1. The first-order chi connectivity index (χ1) is 11.7. The van der Waals surface area contributed by atoms with Crippen molar-refractivity contribution in [3.05, 3.63) is 64.7 Å². The average molecular weight is 362 g/mol. The van der Waals surface area contributed by atoms with Gasteiger partial charge in [0.1, 0.15) is 0 Å². The minimum absolute atomic E-state index is 0.382. The standard InChI is InChI=1S/C16H12ClN3O3S/c17-13-3-1-2-12(8-13)15-18-19-16(23-15)24-9-10-4-6-11(7-5-10)14(21)20-22/h1-8,22H,9H2,(H,20,21). The van der Waals surface area contributed by atoms with E-state index in [0.717, 1.165) is 11.1 Å². The van der Waals surface area contributed by atoms with Gasteiger partial charge in [-0.05, 0) is 35.9 Å². The van der Waals surface area contributed by atoms with E-state index >= 15 is 0 Å². The van der Waals surface area contributed by atoms with E-state index in [4.69, 9.17) is 21.2 Å². The molecule has 0 aliphatic carbocycles. The van der Waals surface area contributed by atoms with Gasteiger partial charge in [-0.15, -0.1) is 10.2 Å². The van der Waals surface area contributed by atoms with E-state index in [0.29, 0.717) is 27.5 Å². The molecule has 0 radical (unpaired) electrons. The maximum Gasteiger partial charge on any atom is 0.277 e. The number of benzene rings is 2. The van der Waals surface area contributed by atoms with Gasteiger partial charge < -0.3 is 4.42 Å². The topological polar surface area (TPSA) is 88.2 Å². The van der Waals surface area contributed by atoms with E-state index in [9.17, 15) is 4.79 Å². The summed E-state index contributed by atoms with van der Waals surface area (Å²) in [5, 5.41) is 17.6. The van der Waals surface area contributed by atoms with Crippen molar-refractivity contribution in [3.63, 3.8) is 0 Å². The Bertz CT molecular complexity index is 852. The number of thioether (sulfide) groups is 1. The monoisotopic (exact) mass is 361 g/mol. The highest BCUT2D eigenvalue weighted by Crippen LogP contribution is 2.27. The van der Waals surface area contributed by atoms with Gasteiger partial charge in [0.25, 0.3) is 11.1 Å². The number of rotatable bonds is 5. The number of carbonyl (C=O) groups excluding carboxylic acids is 1. The largest absolute Gasteiger partial charge is 0.411 e. The van der Waals surface area contributed by atoms with Crippen molar-refractivity contribution in [2.75, 3.05) is 0 Å². The Morgan fingerprint density at radius 2 is 2.00 bits per heavy atom. The lowest BCUT2D eigenvalue weighted by Gasteiger charge is -2.01. The van der Waals surface area contributed by atoms with Gasteiger partial charge in [0.05, 0.1) is 0 Å². The molecule has 0 unspecified atom stereocenters. The summed E-state index contributed by atoms with van der Waals surface area (Å²) in [5.41, 5.74) is 3.72. The van der Waals surface area contributed by atoms with Crippen molar-refractivity contribution < 1.29 is 14.4 Å². The fourth-order valence-electron chi connectivity index (χ4n) is 1.97. The Morgan fingerprint density at radius 3 is 2.71 bits per heavy atom. The zero-order valence-corrected chi connectivity index (χ0v) is 13.8. The van der Waals surface area contributed by atoms with Crippen LogP contribution in [0, 0.1) is 0 Å². The lowest BCUT2D eigenvalue weighted by molar-refractivity contribution is 0.0706. The van der Waals surface area contributed by atoms with Crippen LogP contribution in [0.3, 0.4) is 0 Å². The number of hydrogen-bond donors (Lipinski definition) is 2. The Kier molecular flexibility index (Phi) is 5.14. The van der Waals surface area contributed by atoms with Crippen LogP contribution in [-0.2, 0) is 5.75 Å². The summed E-state index contributed by atoms with van der Waals surface area (Å²) in [6.45, 7) is 0. The second kappa shape index (κ2) is 7.48. The molecule has 2 N–H and O–H groups in total. The molecule has 1 heterocycles. The second-order valence-electron chi connectivity index (χ2n) is 4.81. The fourth-order valence-corrected chi connectivity index (χ4v) is 2.88. The molecule has 3 aromatic rings. The van der Waals surface area contributed by atoms with E-state index < -0.39 is 5.91 Å². The molecule has 6 nitrogen and oxygen atoms in total.